The molecule has 0 saturated heterocycles. The van der Waals surface area contributed by atoms with E-state index >= 15 is 0 Å². The highest BCUT2D eigenvalue weighted by molar-refractivity contribution is 5.25. The smallest absolute Gasteiger partial charge is 0.123 e. The molecule has 1 aromatic heterocycles. The van der Waals surface area contributed by atoms with Gasteiger partial charge in [-0.25, -0.2) is 4.39 Å². The third kappa shape index (κ3) is 2.90. The van der Waals surface area contributed by atoms with Crippen LogP contribution in [0.5, 0.6) is 0 Å². The second-order valence-electron chi connectivity index (χ2n) is 4.37. The van der Waals surface area contributed by atoms with Gasteiger partial charge < -0.3 is 5.11 Å². The molecule has 0 amide bonds. The van der Waals surface area contributed by atoms with E-state index in [0.717, 1.165) is 22.5 Å². The van der Waals surface area contributed by atoms with Crippen molar-refractivity contribution in [2.45, 2.75) is 26.4 Å². The van der Waals surface area contributed by atoms with Crippen LogP contribution in [-0.2, 0) is 6.42 Å². The van der Waals surface area contributed by atoms with Gasteiger partial charge in [0.25, 0.3) is 0 Å². The van der Waals surface area contributed by atoms with Crippen molar-refractivity contribution >= 4 is 0 Å². The van der Waals surface area contributed by atoms with Crippen LogP contribution >= 0.6 is 0 Å². The Bertz CT molecular complexity index is 540. The van der Waals surface area contributed by atoms with Gasteiger partial charge >= 0.3 is 0 Å². The summed E-state index contributed by atoms with van der Waals surface area (Å²) in [5, 5.41) is 18.1. The number of hydrogen-bond acceptors (Lipinski definition) is 3. The van der Waals surface area contributed by atoms with Gasteiger partial charge in [-0.05, 0) is 37.6 Å². The van der Waals surface area contributed by atoms with Gasteiger partial charge in [0, 0.05) is 12.0 Å². The zero-order valence-electron chi connectivity index (χ0n) is 10.4. The van der Waals surface area contributed by atoms with Crippen molar-refractivity contribution in [2.24, 2.45) is 0 Å². The zero-order valence-corrected chi connectivity index (χ0v) is 10.4. The summed E-state index contributed by atoms with van der Waals surface area (Å²) in [7, 11) is 0. The van der Waals surface area contributed by atoms with Crippen LogP contribution in [0.25, 0.3) is 0 Å². The van der Waals surface area contributed by atoms with E-state index < -0.39 is 6.10 Å². The monoisotopic (exact) mass is 246 g/mol. The SMILES string of the molecule is Cc1cc(C(O)Cc2ccc(F)cc2)c(C)nn1. The molecule has 1 atom stereocenters. The Labute approximate surface area is 105 Å². The number of aromatic nitrogens is 2. The maximum absolute atomic E-state index is 12.8. The number of aliphatic hydroxyl groups is 1. The summed E-state index contributed by atoms with van der Waals surface area (Å²) in [6.45, 7) is 3.65. The van der Waals surface area contributed by atoms with Gasteiger partial charge in [-0.3, -0.25) is 0 Å². The average molecular weight is 246 g/mol. The molecule has 2 rings (SSSR count). The van der Waals surface area contributed by atoms with E-state index in [4.69, 9.17) is 0 Å². The molecule has 0 aliphatic heterocycles. The highest BCUT2D eigenvalue weighted by Crippen LogP contribution is 2.20. The van der Waals surface area contributed by atoms with Crippen molar-refractivity contribution in [3.05, 3.63) is 58.7 Å². The molecule has 0 bridgehead atoms. The fourth-order valence-corrected chi connectivity index (χ4v) is 1.86. The fourth-order valence-electron chi connectivity index (χ4n) is 1.86. The number of aryl methyl sites for hydroxylation is 2. The summed E-state index contributed by atoms with van der Waals surface area (Å²) in [4.78, 5) is 0. The Morgan fingerprint density at radius 2 is 1.83 bits per heavy atom. The Hall–Kier alpha value is -1.81. The fraction of sp³-hybridized carbons (Fsp3) is 0.286. The van der Waals surface area contributed by atoms with Crippen molar-refractivity contribution in [3.8, 4) is 0 Å². The highest BCUT2D eigenvalue weighted by atomic mass is 19.1. The summed E-state index contributed by atoms with van der Waals surface area (Å²) in [5.41, 5.74) is 3.15. The lowest BCUT2D eigenvalue weighted by Gasteiger charge is -2.13. The van der Waals surface area contributed by atoms with Crippen LogP contribution in [0.15, 0.2) is 30.3 Å². The Kier molecular flexibility index (Phi) is 3.67. The maximum atomic E-state index is 12.8. The van der Waals surface area contributed by atoms with Gasteiger partial charge in [-0.1, -0.05) is 12.1 Å². The second kappa shape index (κ2) is 5.23. The molecular formula is C14H15FN2O. The third-order valence-corrected chi connectivity index (χ3v) is 2.84. The van der Waals surface area contributed by atoms with E-state index in [1.165, 1.54) is 12.1 Å². The van der Waals surface area contributed by atoms with E-state index in [1.54, 1.807) is 12.1 Å². The number of hydrogen-bond donors (Lipinski definition) is 1. The Balaban J connectivity index is 2.18. The van der Waals surface area contributed by atoms with Crippen LogP contribution in [0.2, 0.25) is 0 Å². The molecule has 0 radical (unpaired) electrons. The average Bonchev–Trinajstić information content (AvgIpc) is 2.35. The first-order valence-electron chi connectivity index (χ1n) is 5.79. The minimum absolute atomic E-state index is 0.272. The molecule has 1 N–H and O–H groups in total. The van der Waals surface area contributed by atoms with Crippen LogP contribution < -0.4 is 0 Å². The Morgan fingerprint density at radius 1 is 1.17 bits per heavy atom. The van der Waals surface area contributed by atoms with Crippen LogP contribution in [0.4, 0.5) is 4.39 Å². The predicted molar refractivity (Wildman–Crippen MR) is 66.6 cm³/mol. The second-order valence-corrected chi connectivity index (χ2v) is 4.37. The summed E-state index contributed by atoms with van der Waals surface area (Å²) in [6.07, 6.45) is -0.212. The number of nitrogens with zero attached hydrogens (tertiary/aromatic N) is 2. The minimum atomic E-state index is -0.648. The molecule has 0 fully saturated rings. The number of halogens is 1. The molecule has 1 heterocycles. The molecule has 18 heavy (non-hydrogen) atoms. The molecule has 0 aliphatic carbocycles. The van der Waals surface area contributed by atoms with Crippen LogP contribution in [0.3, 0.4) is 0 Å². The quantitative estimate of drug-likeness (QED) is 0.905. The first kappa shape index (κ1) is 12.6. The van der Waals surface area contributed by atoms with E-state index in [9.17, 15) is 9.50 Å². The lowest BCUT2D eigenvalue weighted by Crippen LogP contribution is -2.07. The third-order valence-electron chi connectivity index (χ3n) is 2.84. The Morgan fingerprint density at radius 3 is 2.50 bits per heavy atom. The maximum Gasteiger partial charge on any atom is 0.123 e. The highest BCUT2D eigenvalue weighted by Gasteiger charge is 2.13. The van der Waals surface area contributed by atoms with Crippen LogP contribution in [-0.4, -0.2) is 15.3 Å². The van der Waals surface area contributed by atoms with Gasteiger partial charge in [0.1, 0.15) is 5.82 Å². The van der Waals surface area contributed by atoms with E-state index in [-0.39, 0.29) is 5.82 Å². The van der Waals surface area contributed by atoms with Gasteiger partial charge in [0.05, 0.1) is 17.5 Å². The van der Waals surface area contributed by atoms with E-state index in [1.807, 2.05) is 19.9 Å². The number of benzene rings is 1. The molecule has 4 heteroatoms. The van der Waals surface area contributed by atoms with Gasteiger partial charge in [0.2, 0.25) is 0 Å². The topological polar surface area (TPSA) is 46.0 Å². The first-order chi connectivity index (χ1) is 8.56. The largest absolute Gasteiger partial charge is 0.388 e. The number of rotatable bonds is 3. The van der Waals surface area contributed by atoms with E-state index in [0.29, 0.717) is 6.42 Å². The molecule has 94 valence electrons. The lowest BCUT2D eigenvalue weighted by molar-refractivity contribution is 0.177. The summed E-state index contributed by atoms with van der Waals surface area (Å²) >= 11 is 0. The number of aliphatic hydroxyl groups excluding tert-OH is 1. The lowest BCUT2D eigenvalue weighted by atomic mass is 10.0. The van der Waals surface area contributed by atoms with Crippen LogP contribution in [0, 0.1) is 19.7 Å². The summed E-state index contributed by atoms with van der Waals surface area (Å²) in [6, 6.07) is 7.97. The van der Waals surface area contributed by atoms with Gasteiger partial charge in [-0.2, -0.15) is 10.2 Å². The van der Waals surface area contributed by atoms with Crippen molar-refractivity contribution in [1.29, 1.82) is 0 Å². The first-order valence-corrected chi connectivity index (χ1v) is 5.79. The summed E-state index contributed by atoms with van der Waals surface area (Å²) in [5.74, 6) is -0.272. The normalized spacial score (nSPS) is 12.4. The molecule has 2 aromatic rings. The molecule has 1 unspecified atom stereocenters. The summed E-state index contributed by atoms with van der Waals surface area (Å²) < 4.78 is 12.8. The van der Waals surface area contributed by atoms with Gasteiger partial charge in [-0.15, -0.1) is 0 Å². The predicted octanol–water partition coefficient (Wildman–Crippen LogP) is 2.51. The molecule has 0 saturated carbocycles. The van der Waals surface area contributed by atoms with Crippen molar-refractivity contribution < 1.29 is 9.50 Å². The van der Waals surface area contributed by atoms with Crippen LogP contribution in [0.1, 0.15) is 28.6 Å². The van der Waals surface area contributed by atoms with Crippen molar-refractivity contribution in [3.63, 3.8) is 0 Å². The molecule has 3 nitrogen and oxygen atoms in total. The van der Waals surface area contributed by atoms with Crippen molar-refractivity contribution in [1.82, 2.24) is 10.2 Å². The van der Waals surface area contributed by atoms with Crippen molar-refractivity contribution in [2.75, 3.05) is 0 Å². The molecule has 1 aromatic carbocycles. The zero-order chi connectivity index (χ0) is 13.1. The molecule has 0 spiro atoms. The molecule has 0 aliphatic rings. The molecular weight excluding hydrogens is 231 g/mol. The van der Waals surface area contributed by atoms with E-state index in [2.05, 4.69) is 10.2 Å². The standard InChI is InChI=1S/C14H15FN2O/c1-9-7-13(10(2)17-16-9)14(18)8-11-3-5-12(15)6-4-11/h3-7,14,18H,8H2,1-2H3. The van der Waals surface area contributed by atoms with Gasteiger partial charge in [0.15, 0.2) is 0 Å². The minimum Gasteiger partial charge on any atom is -0.388 e.